The third-order valence-corrected chi connectivity index (χ3v) is 3.69. The molecule has 2 rings (SSSR count). The number of nitrogens with one attached hydrogen (secondary N) is 1. The summed E-state index contributed by atoms with van der Waals surface area (Å²) in [6.45, 7) is 3.32. The van der Waals surface area contributed by atoms with Crippen molar-refractivity contribution in [3.05, 3.63) is 45.9 Å². The van der Waals surface area contributed by atoms with Crippen LogP contribution < -0.4 is 10.1 Å². The first-order chi connectivity index (χ1) is 10.2. The number of ether oxygens (including phenoxy) is 1. The maximum atomic E-state index is 9.84. The molecule has 1 unspecified atom stereocenters. The highest BCUT2D eigenvalue weighted by atomic mass is 32.1. The van der Waals surface area contributed by atoms with Crippen molar-refractivity contribution in [3.63, 3.8) is 0 Å². The summed E-state index contributed by atoms with van der Waals surface area (Å²) in [5.41, 5.74) is 0.587. The number of aliphatic hydroxyl groups is 1. The molecular weight excluding hydrogens is 286 g/mol. The van der Waals surface area contributed by atoms with Gasteiger partial charge >= 0.3 is 0 Å². The molecule has 0 spiro atoms. The highest BCUT2D eigenvalue weighted by molar-refractivity contribution is 7.11. The minimum atomic E-state index is -0.588. The normalized spacial score (nSPS) is 11.9. The fourth-order valence-corrected chi connectivity index (χ4v) is 2.49. The number of aromatic nitrogens is 1. The SMILES string of the molecule is Cc1ncc(CNCC(O)COc2ccc(C#N)cc2)s1. The molecule has 0 fully saturated rings. The average Bonchev–Trinajstić information content (AvgIpc) is 2.91. The molecule has 0 aliphatic rings. The summed E-state index contributed by atoms with van der Waals surface area (Å²) in [6.07, 6.45) is 1.25. The van der Waals surface area contributed by atoms with Gasteiger partial charge in [-0.05, 0) is 31.2 Å². The molecule has 110 valence electrons. The van der Waals surface area contributed by atoms with Crippen molar-refractivity contribution in [2.75, 3.05) is 13.2 Å². The quantitative estimate of drug-likeness (QED) is 0.816. The largest absolute Gasteiger partial charge is 0.491 e. The molecular formula is C15H17N3O2S. The summed E-state index contributed by atoms with van der Waals surface area (Å²) in [5.74, 6) is 0.645. The van der Waals surface area contributed by atoms with Crippen molar-refractivity contribution >= 4 is 11.3 Å². The topological polar surface area (TPSA) is 78.2 Å². The molecule has 1 aromatic carbocycles. The zero-order chi connectivity index (χ0) is 15.1. The number of nitrogens with zero attached hydrogens (tertiary/aromatic N) is 2. The Morgan fingerprint density at radius 2 is 2.19 bits per heavy atom. The lowest BCUT2D eigenvalue weighted by molar-refractivity contribution is 0.106. The molecule has 5 nitrogen and oxygen atoms in total. The third kappa shape index (κ3) is 5.16. The van der Waals surface area contributed by atoms with Gasteiger partial charge in [-0.15, -0.1) is 11.3 Å². The molecule has 1 aromatic heterocycles. The Morgan fingerprint density at radius 1 is 1.43 bits per heavy atom. The zero-order valence-corrected chi connectivity index (χ0v) is 12.6. The first kappa shape index (κ1) is 15.4. The van der Waals surface area contributed by atoms with Crippen molar-refractivity contribution in [1.82, 2.24) is 10.3 Å². The van der Waals surface area contributed by atoms with Crippen LogP contribution in [-0.2, 0) is 6.54 Å². The van der Waals surface area contributed by atoms with E-state index in [2.05, 4.69) is 10.3 Å². The van der Waals surface area contributed by atoms with Gasteiger partial charge < -0.3 is 15.2 Å². The predicted octanol–water partition coefficient (Wildman–Crippen LogP) is 1.85. The minimum Gasteiger partial charge on any atom is -0.491 e. The van der Waals surface area contributed by atoms with E-state index in [9.17, 15) is 5.11 Å². The van der Waals surface area contributed by atoms with Crippen LogP contribution in [0.4, 0.5) is 0 Å². The number of thiazole rings is 1. The molecule has 6 heteroatoms. The summed E-state index contributed by atoms with van der Waals surface area (Å²) >= 11 is 1.64. The van der Waals surface area contributed by atoms with Crippen molar-refractivity contribution in [2.24, 2.45) is 0 Å². The van der Waals surface area contributed by atoms with Crippen LogP contribution in [-0.4, -0.2) is 29.3 Å². The smallest absolute Gasteiger partial charge is 0.119 e. The lowest BCUT2D eigenvalue weighted by Gasteiger charge is -2.12. The van der Waals surface area contributed by atoms with Gasteiger partial charge in [0.25, 0.3) is 0 Å². The lowest BCUT2D eigenvalue weighted by atomic mass is 10.2. The van der Waals surface area contributed by atoms with E-state index in [-0.39, 0.29) is 6.61 Å². The van der Waals surface area contributed by atoms with Gasteiger partial charge in [0.15, 0.2) is 0 Å². The van der Waals surface area contributed by atoms with E-state index < -0.39 is 6.10 Å². The molecule has 1 atom stereocenters. The second kappa shape index (κ2) is 7.74. The maximum Gasteiger partial charge on any atom is 0.119 e. The molecule has 0 saturated carbocycles. The Balaban J connectivity index is 1.67. The monoisotopic (exact) mass is 303 g/mol. The second-order valence-electron chi connectivity index (χ2n) is 4.58. The molecule has 2 N–H and O–H groups in total. The van der Waals surface area contributed by atoms with Crippen LogP contribution in [0.15, 0.2) is 30.5 Å². The van der Waals surface area contributed by atoms with Gasteiger partial charge in [0, 0.05) is 24.2 Å². The van der Waals surface area contributed by atoms with Crippen LogP contribution >= 0.6 is 11.3 Å². The van der Waals surface area contributed by atoms with Gasteiger partial charge in [-0.2, -0.15) is 5.26 Å². The molecule has 0 aliphatic heterocycles. The van der Waals surface area contributed by atoms with Gasteiger partial charge in [0.05, 0.1) is 16.6 Å². The van der Waals surface area contributed by atoms with Crippen LogP contribution in [0.2, 0.25) is 0 Å². The fourth-order valence-electron chi connectivity index (χ4n) is 1.73. The Hall–Kier alpha value is -1.94. The lowest BCUT2D eigenvalue weighted by Crippen LogP contribution is -2.30. The number of aryl methyl sites for hydroxylation is 1. The van der Waals surface area contributed by atoms with Crippen molar-refractivity contribution in [2.45, 2.75) is 19.6 Å². The summed E-state index contributed by atoms with van der Waals surface area (Å²) in [5, 5.41) is 22.7. The van der Waals surface area contributed by atoms with E-state index in [0.29, 0.717) is 24.4 Å². The molecule has 0 bridgehead atoms. The van der Waals surface area contributed by atoms with Crippen molar-refractivity contribution < 1.29 is 9.84 Å². The van der Waals surface area contributed by atoms with Crippen molar-refractivity contribution in [1.29, 1.82) is 5.26 Å². The minimum absolute atomic E-state index is 0.209. The molecule has 21 heavy (non-hydrogen) atoms. The molecule has 2 aromatic rings. The number of nitriles is 1. The predicted molar refractivity (Wildman–Crippen MR) is 81.2 cm³/mol. The first-order valence-corrected chi connectivity index (χ1v) is 7.42. The third-order valence-electron chi connectivity index (χ3n) is 2.77. The number of rotatable bonds is 7. The van der Waals surface area contributed by atoms with E-state index in [0.717, 1.165) is 9.88 Å². The van der Waals surface area contributed by atoms with Gasteiger partial charge in [0.2, 0.25) is 0 Å². The van der Waals surface area contributed by atoms with Gasteiger partial charge in [0.1, 0.15) is 18.5 Å². The van der Waals surface area contributed by atoms with E-state index in [1.54, 1.807) is 35.6 Å². The zero-order valence-electron chi connectivity index (χ0n) is 11.7. The van der Waals surface area contributed by atoms with Gasteiger partial charge in [-0.1, -0.05) is 0 Å². The Morgan fingerprint density at radius 3 is 2.81 bits per heavy atom. The number of hydrogen-bond acceptors (Lipinski definition) is 6. The highest BCUT2D eigenvalue weighted by Gasteiger charge is 2.06. The Labute approximate surface area is 127 Å². The number of hydrogen-bond donors (Lipinski definition) is 2. The standard InChI is InChI=1S/C15H17N3O2S/c1-11-18-9-15(21-11)8-17-7-13(19)10-20-14-4-2-12(6-16)3-5-14/h2-5,9,13,17,19H,7-8,10H2,1H3. The molecule has 1 heterocycles. The summed E-state index contributed by atoms with van der Waals surface area (Å²) in [7, 11) is 0. The molecule has 0 saturated heterocycles. The second-order valence-corrected chi connectivity index (χ2v) is 5.90. The van der Waals surface area contributed by atoms with Gasteiger partial charge in [-0.25, -0.2) is 4.98 Å². The Kier molecular flexibility index (Phi) is 5.69. The van der Waals surface area contributed by atoms with E-state index >= 15 is 0 Å². The van der Waals surface area contributed by atoms with Crippen LogP contribution in [0.3, 0.4) is 0 Å². The average molecular weight is 303 g/mol. The maximum absolute atomic E-state index is 9.84. The van der Waals surface area contributed by atoms with E-state index in [4.69, 9.17) is 10.00 Å². The Bertz CT molecular complexity index is 604. The number of aliphatic hydroxyl groups excluding tert-OH is 1. The van der Waals surface area contributed by atoms with Gasteiger partial charge in [-0.3, -0.25) is 0 Å². The molecule has 0 aliphatic carbocycles. The van der Waals surface area contributed by atoms with Crippen LogP contribution in [0, 0.1) is 18.3 Å². The van der Waals surface area contributed by atoms with E-state index in [1.165, 1.54) is 0 Å². The fraction of sp³-hybridized carbons (Fsp3) is 0.333. The highest BCUT2D eigenvalue weighted by Crippen LogP contribution is 2.12. The van der Waals surface area contributed by atoms with Crippen LogP contribution in [0.1, 0.15) is 15.4 Å². The molecule has 0 radical (unpaired) electrons. The summed E-state index contributed by atoms with van der Waals surface area (Å²) < 4.78 is 5.47. The summed E-state index contributed by atoms with van der Waals surface area (Å²) in [4.78, 5) is 5.32. The van der Waals surface area contributed by atoms with E-state index in [1.807, 2.05) is 19.2 Å². The van der Waals surface area contributed by atoms with Crippen LogP contribution in [0.25, 0.3) is 0 Å². The molecule has 0 amide bonds. The van der Waals surface area contributed by atoms with Crippen molar-refractivity contribution in [3.8, 4) is 11.8 Å². The first-order valence-electron chi connectivity index (χ1n) is 6.60. The summed E-state index contributed by atoms with van der Waals surface area (Å²) in [6, 6.07) is 8.86. The number of benzene rings is 1. The van der Waals surface area contributed by atoms with Crippen LogP contribution in [0.5, 0.6) is 5.75 Å².